The Bertz CT molecular complexity index is 354. The summed E-state index contributed by atoms with van der Waals surface area (Å²) < 4.78 is 0. The van der Waals surface area contributed by atoms with Crippen LogP contribution in [0.25, 0.3) is 0 Å². The summed E-state index contributed by atoms with van der Waals surface area (Å²) in [6.07, 6.45) is 5.67. The molecule has 1 aromatic rings. The van der Waals surface area contributed by atoms with E-state index in [0.29, 0.717) is 6.04 Å². The molecule has 1 aliphatic rings. The number of amides is 1. The van der Waals surface area contributed by atoms with Crippen molar-refractivity contribution in [2.45, 2.75) is 45.1 Å². The number of rotatable bonds is 4. The molecule has 0 aromatic heterocycles. The molecule has 1 aliphatic carbocycles. The first kappa shape index (κ1) is 12.2. The fourth-order valence-corrected chi connectivity index (χ4v) is 2.47. The third kappa shape index (κ3) is 3.58. The summed E-state index contributed by atoms with van der Waals surface area (Å²) in [7, 11) is 0. The third-order valence-corrected chi connectivity index (χ3v) is 3.53. The van der Waals surface area contributed by atoms with E-state index in [2.05, 4.69) is 17.4 Å². The molecule has 0 saturated heterocycles. The normalized spacial score (nSPS) is 17.9. The van der Waals surface area contributed by atoms with E-state index in [1.54, 1.807) is 0 Å². The van der Waals surface area contributed by atoms with E-state index in [1.807, 2.05) is 25.1 Å². The molecular formula is C15H21NO. The molecule has 0 spiro atoms. The molecule has 2 nitrogen and oxygen atoms in total. The van der Waals surface area contributed by atoms with E-state index in [0.717, 1.165) is 19.3 Å². The second kappa shape index (κ2) is 5.85. The van der Waals surface area contributed by atoms with Crippen LogP contribution in [0.2, 0.25) is 0 Å². The number of benzene rings is 1. The summed E-state index contributed by atoms with van der Waals surface area (Å²) in [6.45, 7) is 2.01. The Balaban J connectivity index is 1.82. The molecule has 1 saturated carbocycles. The van der Waals surface area contributed by atoms with Gasteiger partial charge in [-0.3, -0.25) is 4.79 Å². The monoisotopic (exact) mass is 231 g/mol. The van der Waals surface area contributed by atoms with Crippen LogP contribution in [0.15, 0.2) is 30.3 Å². The Hall–Kier alpha value is -1.31. The van der Waals surface area contributed by atoms with Gasteiger partial charge in [-0.1, -0.05) is 50.1 Å². The molecule has 0 aliphatic heterocycles. The molecular weight excluding hydrogens is 210 g/mol. The van der Waals surface area contributed by atoms with Crippen LogP contribution in [0.3, 0.4) is 0 Å². The first-order valence-electron chi connectivity index (χ1n) is 6.60. The Morgan fingerprint density at radius 3 is 2.59 bits per heavy atom. The van der Waals surface area contributed by atoms with Crippen molar-refractivity contribution in [3.63, 3.8) is 0 Å². The predicted octanol–water partition coefficient (Wildman–Crippen LogP) is 2.92. The van der Waals surface area contributed by atoms with Gasteiger partial charge in [0.2, 0.25) is 5.91 Å². The second-order valence-electron chi connectivity index (χ2n) is 5.08. The van der Waals surface area contributed by atoms with Gasteiger partial charge in [0, 0.05) is 12.0 Å². The summed E-state index contributed by atoms with van der Waals surface area (Å²) in [6, 6.07) is 10.7. The van der Waals surface area contributed by atoms with Gasteiger partial charge in [-0.15, -0.1) is 0 Å². The highest BCUT2D eigenvalue weighted by atomic mass is 16.1. The summed E-state index contributed by atoms with van der Waals surface area (Å²) in [4.78, 5) is 12.0. The number of hydrogen-bond acceptors (Lipinski definition) is 1. The van der Waals surface area contributed by atoms with Gasteiger partial charge in [-0.2, -0.15) is 0 Å². The Labute approximate surface area is 103 Å². The van der Waals surface area contributed by atoms with Crippen LogP contribution >= 0.6 is 0 Å². The van der Waals surface area contributed by atoms with E-state index < -0.39 is 0 Å². The lowest BCUT2D eigenvalue weighted by molar-refractivity contribution is -0.125. The first-order valence-corrected chi connectivity index (χ1v) is 6.60. The molecule has 17 heavy (non-hydrogen) atoms. The van der Waals surface area contributed by atoms with Crippen molar-refractivity contribution in [3.8, 4) is 0 Å². The van der Waals surface area contributed by atoms with E-state index in [4.69, 9.17) is 0 Å². The Morgan fingerprint density at radius 2 is 1.94 bits per heavy atom. The summed E-state index contributed by atoms with van der Waals surface area (Å²) in [5, 5.41) is 3.16. The minimum atomic E-state index is 0.0676. The van der Waals surface area contributed by atoms with Crippen molar-refractivity contribution < 1.29 is 4.79 Å². The molecule has 0 bridgehead atoms. The van der Waals surface area contributed by atoms with Gasteiger partial charge in [-0.25, -0.2) is 0 Å². The van der Waals surface area contributed by atoms with E-state index in [-0.39, 0.29) is 11.8 Å². The number of hydrogen-bond donors (Lipinski definition) is 1. The molecule has 1 N–H and O–H groups in total. The lowest BCUT2D eigenvalue weighted by Crippen LogP contribution is -2.37. The lowest BCUT2D eigenvalue weighted by Gasteiger charge is -2.16. The van der Waals surface area contributed by atoms with Crippen LogP contribution in [0.5, 0.6) is 0 Å². The maximum absolute atomic E-state index is 12.0. The zero-order chi connectivity index (χ0) is 12.1. The fourth-order valence-electron chi connectivity index (χ4n) is 2.47. The number of carbonyl (C=O) groups is 1. The van der Waals surface area contributed by atoms with E-state index in [9.17, 15) is 4.79 Å². The van der Waals surface area contributed by atoms with E-state index >= 15 is 0 Å². The largest absolute Gasteiger partial charge is 0.353 e. The van der Waals surface area contributed by atoms with Crippen molar-refractivity contribution >= 4 is 5.91 Å². The molecule has 0 heterocycles. The molecule has 0 radical (unpaired) electrons. The zero-order valence-electron chi connectivity index (χ0n) is 10.5. The maximum Gasteiger partial charge on any atom is 0.223 e. The minimum absolute atomic E-state index is 0.0676. The van der Waals surface area contributed by atoms with Crippen molar-refractivity contribution in [1.82, 2.24) is 5.32 Å². The lowest BCUT2D eigenvalue weighted by atomic mass is 10.00. The SMILES string of the molecule is C[C@@H](Cc1ccccc1)C(=O)NC1CCCC1. The van der Waals surface area contributed by atoms with E-state index in [1.165, 1.54) is 18.4 Å². The average molecular weight is 231 g/mol. The van der Waals surface area contributed by atoms with Crippen LogP contribution in [-0.2, 0) is 11.2 Å². The van der Waals surface area contributed by atoms with Crippen LogP contribution in [-0.4, -0.2) is 11.9 Å². The summed E-state index contributed by atoms with van der Waals surface area (Å²) in [5.41, 5.74) is 1.24. The highest BCUT2D eigenvalue weighted by Gasteiger charge is 2.20. The van der Waals surface area contributed by atoms with Gasteiger partial charge in [0.05, 0.1) is 0 Å². The van der Waals surface area contributed by atoms with Crippen molar-refractivity contribution in [1.29, 1.82) is 0 Å². The molecule has 1 amide bonds. The summed E-state index contributed by atoms with van der Waals surface area (Å²) in [5.74, 6) is 0.277. The predicted molar refractivity (Wildman–Crippen MR) is 69.7 cm³/mol. The molecule has 92 valence electrons. The highest BCUT2D eigenvalue weighted by molar-refractivity contribution is 5.78. The van der Waals surface area contributed by atoms with Gasteiger partial charge in [-0.05, 0) is 24.8 Å². The molecule has 2 rings (SSSR count). The Kier molecular flexibility index (Phi) is 4.18. The van der Waals surface area contributed by atoms with Gasteiger partial charge in [0.15, 0.2) is 0 Å². The second-order valence-corrected chi connectivity index (χ2v) is 5.08. The van der Waals surface area contributed by atoms with Crippen LogP contribution in [0, 0.1) is 5.92 Å². The van der Waals surface area contributed by atoms with Crippen LogP contribution < -0.4 is 5.32 Å². The van der Waals surface area contributed by atoms with Gasteiger partial charge < -0.3 is 5.32 Å². The first-order chi connectivity index (χ1) is 8.25. The standard InChI is InChI=1S/C15H21NO/c1-12(11-13-7-3-2-4-8-13)15(17)16-14-9-5-6-10-14/h2-4,7-8,12,14H,5-6,9-11H2,1H3,(H,16,17)/t12-/m0/s1. The molecule has 1 fully saturated rings. The number of carbonyl (C=O) groups excluding carboxylic acids is 1. The number of nitrogens with one attached hydrogen (secondary N) is 1. The highest BCUT2D eigenvalue weighted by Crippen LogP contribution is 2.18. The van der Waals surface area contributed by atoms with Crippen molar-refractivity contribution in [2.24, 2.45) is 5.92 Å². The molecule has 2 heteroatoms. The quantitative estimate of drug-likeness (QED) is 0.848. The summed E-state index contributed by atoms with van der Waals surface area (Å²) >= 11 is 0. The third-order valence-electron chi connectivity index (χ3n) is 3.53. The van der Waals surface area contributed by atoms with Gasteiger partial charge >= 0.3 is 0 Å². The minimum Gasteiger partial charge on any atom is -0.353 e. The molecule has 1 aromatic carbocycles. The molecule has 0 unspecified atom stereocenters. The zero-order valence-corrected chi connectivity index (χ0v) is 10.5. The van der Waals surface area contributed by atoms with Gasteiger partial charge in [0.1, 0.15) is 0 Å². The maximum atomic E-state index is 12.0. The fraction of sp³-hybridized carbons (Fsp3) is 0.533. The molecule has 1 atom stereocenters. The smallest absolute Gasteiger partial charge is 0.223 e. The van der Waals surface area contributed by atoms with Crippen LogP contribution in [0.4, 0.5) is 0 Å². The van der Waals surface area contributed by atoms with Crippen molar-refractivity contribution in [2.75, 3.05) is 0 Å². The van der Waals surface area contributed by atoms with Crippen LogP contribution in [0.1, 0.15) is 38.2 Å². The topological polar surface area (TPSA) is 29.1 Å². The Morgan fingerprint density at radius 1 is 1.29 bits per heavy atom. The average Bonchev–Trinajstić information content (AvgIpc) is 2.83. The van der Waals surface area contributed by atoms with Gasteiger partial charge in [0.25, 0.3) is 0 Å². The van der Waals surface area contributed by atoms with Crippen molar-refractivity contribution in [3.05, 3.63) is 35.9 Å².